The maximum atomic E-state index is 12.5. The van der Waals surface area contributed by atoms with Gasteiger partial charge in [0.05, 0.1) is 23.7 Å². The van der Waals surface area contributed by atoms with Crippen molar-refractivity contribution in [1.82, 2.24) is 9.78 Å². The second-order valence-electron chi connectivity index (χ2n) is 5.43. The Bertz CT molecular complexity index is 935. The minimum absolute atomic E-state index is 0.287. The van der Waals surface area contributed by atoms with E-state index in [1.807, 2.05) is 24.3 Å². The highest BCUT2D eigenvalue weighted by Crippen LogP contribution is 2.31. The van der Waals surface area contributed by atoms with E-state index in [0.717, 1.165) is 11.3 Å². The summed E-state index contributed by atoms with van der Waals surface area (Å²) in [6.07, 6.45) is 0. The summed E-state index contributed by atoms with van der Waals surface area (Å²) in [6.45, 7) is 3.84. The minimum atomic E-state index is -0.414. The maximum Gasteiger partial charge on any atom is 0.342 e. The molecule has 0 amide bonds. The predicted molar refractivity (Wildman–Crippen MR) is 99.7 cm³/mol. The molecule has 1 heterocycles. The molecule has 3 rings (SSSR count). The zero-order chi connectivity index (χ0) is 18.0. The topological polar surface area (TPSA) is 44.1 Å². The number of halogens is 2. The normalized spacial score (nSPS) is 10.7. The first kappa shape index (κ1) is 17.5. The molecule has 4 nitrogen and oxygen atoms in total. The molecule has 3 aromatic rings. The van der Waals surface area contributed by atoms with E-state index in [9.17, 15) is 4.79 Å². The van der Waals surface area contributed by atoms with Crippen molar-refractivity contribution in [2.45, 2.75) is 13.8 Å². The van der Waals surface area contributed by atoms with E-state index in [1.165, 1.54) is 0 Å². The molecule has 0 saturated carbocycles. The quantitative estimate of drug-likeness (QED) is 0.579. The highest BCUT2D eigenvalue weighted by molar-refractivity contribution is 6.31. The van der Waals surface area contributed by atoms with Gasteiger partial charge in [0.15, 0.2) is 0 Å². The summed E-state index contributed by atoms with van der Waals surface area (Å²) < 4.78 is 6.92. The van der Waals surface area contributed by atoms with E-state index in [4.69, 9.17) is 27.9 Å². The third-order valence-electron chi connectivity index (χ3n) is 3.69. The fourth-order valence-electron chi connectivity index (χ4n) is 2.67. The zero-order valence-corrected chi connectivity index (χ0v) is 15.3. The van der Waals surface area contributed by atoms with Gasteiger partial charge in [0, 0.05) is 15.6 Å². The standard InChI is InChI=1S/C19H16Cl2N2O2/c1-3-25-19(24)17-12(2)22-23(16-9-5-8-15(21)11-16)18(17)13-6-4-7-14(20)10-13/h4-11H,3H2,1-2H3. The number of esters is 1. The van der Waals surface area contributed by atoms with Gasteiger partial charge in [-0.15, -0.1) is 0 Å². The molecule has 0 aliphatic rings. The first-order chi connectivity index (χ1) is 12.0. The summed E-state index contributed by atoms with van der Waals surface area (Å²) in [4.78, 5) is 12.5. The smallest absolute Gasteiger partial charge is 0.342 e. The Labute approximate surface area is 155 Å². The van der Waals surface area contributed by atoms with Crippen LogP contribution < -0.4 is 0 Å². The SMILES string of the molecule is CCOC(=O)c1c(C)nn(-c2cccc(Cl)c2)c1-c1cccc(Cl)c1. The average molecular weight is 375 g/mol. The van der Waals surface area contributed by atoms with E-state index in [1.54, 1.807) is 42.8 Å². The van der Waals surface area contributed by atoms with Crippen LogP contribution in [0.3, 0.4) is 0 Å². The van der Waals surface area contributed by atoms with Gasteiger partial charge in [-0.3, -0.25) is 0 Å². The van der Waals surface area contributed by atoms with Crippen molar-refractivity contribution in [3.8, 4) is 16.9 Å². The van der Waals surface area contributed by atoms with Gasteiger partial charge in [-0.05, 0) is 44.2 Å². The van der Waals surface area contributed by atoms with E-state index in [0.29, 0.717) is 27.0 Å². The van der Waals surface area contributed by atoms with E-state index in [2.05, 4.69) is 5.10 Å². The van der Waals surface area contributed by atoms with Gasteiger partial charge in [-0.25, -0.2) is 9.48 Å². The van der Waals surface area contributed by atoms with Crippen molar-refractivity contribution < 1.29 is 9.53 Å². The second kappa shape index (κ2) is 7.30. The molecule has 0 spiro atoms. The van der Waals surface area contributed by atoms with Crippen molar-refractivity contribution in [3.05, 3.63) is 69.8 Å². The highest BCUT2D eigenvalue weighted by atomic mass is 35.5. The van der Waals surface area contributed by atoms with E-state index < -0.39 is 5.97 Å². The van der Waals surface area contributed by atoms with Crippen molar-refractivity contribution in [2.75, 3.05) is 6.61 Å². The lowest BCUT2D eigenvalue weighted by Crippen LogP contribution is -2.08. The van der Waals surface area contributed by atoms with Gasteiger partial charge in [0.1, 0.15) is 5.56 Å². The van der Waals surface area contributed by atoms with Crippen molar-refractivity contribution in [3.63, 3.8) is 0 Å². The summed E-state index contributed by atoms with van der Waals surface area (Å²) in [5.41, 5.74) is 3.15. The first-order valence-corrected chi connectivity index (χ1v) is 8.55. The van der Waals surface area contributed by atoms with Crippen LogP contribution in [0.15, 0.2) is 48.5 Å². The molecular formula is C19H16Cl2N2O2. The van der Waals surface area contributed by atoms with Crippen molar-refractivity contribution in [1.29, 1.82) is 0 Å². The summed E-state index contributed by atoms with van der Waals surface area (Å²) in [5, 5.41) is 5.70. The molecule has 0 aliphatic carbocycles. The molecule has 6 heteroatoms. The lowest BCUT2D eigenvalue weighted by Gasteiger charge is -2.10. The predicted octanol–water partition coefficient (Wildman–Crippen LogP) is 5.33. The Morgan fingerprint density at radius 1 is 1.12 bits per heavy atom. The second-order valence-corrected chi connectivity index (χ2v) is 6.30. The Kier molecular flexibility index (Phi) is 5.11. The van der Waals surface area contributed by atoms with Gasteiger partial charge < -0.3 is 4.74 Å². The molecule has 1 aromatic heterocycles. The third kappa shape index (κ3) is 3.55. The Morgan fingerprint density at radius 2 is 1.80 bits per heavy atom. The summed E-state index contributed by atoms with van der Waals surface area (Å²) in [5.74, 6) is -0.414. The minimum Gasteiger partial charge on any atom is -0.462 e. The molecule has 0 fully saturated rings. The third-order valence-corrected chi connectivity index (χ3v) is 4.16. The molecule has 0 radical (unpaired) electrons. The van der Waals surface area contributed by atoms with Crippen LogP contribution in [0, 0.1) is 6.92 Å². The maximum absolute atomic E-state index is 12.5. The number of aromatic nitrogens is 2. The Hall–Kier alpha value is -2.30. The molecule has 25 heavy (non-hydrogen) atoms. The van der Waals surface area contributed by atoms with Crippen LogP contribution >= 0.6 is 23.2 Å². The number of ether oxygens (including phenoxy) is 1. The lowest BCUT2D eigenvalue weighted by molar-refractivity contribution is 0.0526. The van der Waals surface area contributed by atoms with Crippen LogP contribution in [0.2, 0.25) is 10.0 Å². The fraction of sp³-hybridized carbons (Fsp3) is 0.158. The fourth-order valence-corrected chi connectivity index (χ4v) is 3.05. The molecule has 0 saturated heterocycles. The van der Waals surface area contributed by atoms with Gasteiger partial charge in [0.2, 0.25) is 0 Å². The summed E-state index contributed by atoms with van der Waals surface area (Å²) in [6, 6.07) is 14.6. The Morgan fingerprint density at radius 3 is 2.44 bits per heavy atom. The number of carbonyl (C=O) groups excluding carboxylic acids is 1. The molecule has 0 N–H and O–H groups in total. The highest BCUT2D eigenvalue weighted by Gasteiger charge is 2.24. The van der Waals surface area contributed by atoms with Crippen LogP contribution in [0.4, 0.5) is 0 Å². The molecule has 0 bridgehead atoms. The summed E-state index contributed by atoms with van der Waals surface area (Å²) >= 11 is 12.3. The molecule has 2 aromatic carbocycles. The van der Waals surface area contributed by atoms with Gasteiger partial charge in [-0.1, -0.05) is 41.4 Å². The van der Waals surface area contributed by atoms with E-state index >= 15 is 0 Å². The van der Waals surface area contributed by atoms with Crippen LogP contribution in [-0.4, -0.2) is 22.4 Å². The largest absolute Gasteiger partial charge is 0.462 e. The average Bonchev–Trinajstić information content (AvgIpc) is 2.92. The molecule has 0 aliphatic heterocycles. The van der Waals surface area contributed by atoms with Crippen LogP contribution in [0.25, 0.3) is 16.9 Å². The van der Waals surface area contributed by atoms with Gasteiger partial charge >= 0.3 is 5.97 Å². The van der Waals surface area contributed by atoms with Crippen LogP contribution in [-0.2, 0) is 4.74 Å². The van der Waals surface area contributed by atoms with Crippen molar-refractivity contribution in [2.24, 2.45) is 0 Å². The number of carbonyl (C=O) groups is 1. The molecular weight excluding hydrogens is 359 g/mol. The van der Waals surface area contributed by atoms with Crippen LogP contribution in [0.5, 0.6) is 0 Å². The number of rotatable bonds is 4. The lowest BCUT2D eigenvalue weighted by atomic mass is 10.1. The van der Waals surface area contributed by atoms with Gasteiger partial charge in [-0.2, -0.15) is 5.10 Å². The monoisotopic (exact) mass is 374 g/mol. The van der Waals surface area contributed by atoms with Crippen LogP contribution in [0.1, 0.15) is 23.0 Å². The number of aryl methyl sites for hydroxylation is 1. The molecule has 128 valence electrons. The van der Waals surface area contributed by atoms with E-state index in [-0.39, 0.29) is 6.61 Å². The number of benzene rings is 2. The molecule has 0 unspecified atom stereocenters. The molecule has 0 atom stereocenters. The van der Waals surface area contributed by atoms with Gasteiger partial charge in [0.25, 0.3) is 0 Å². The van der Waals surface area contributed by atoms with Crippen molar-refractivity contribution >= 4 is 29.2 Å². The summed E-state index contributed by atoms with van der Waals surface area (Å²) in [7, 11) is 0. The first-order valence-electron chi connectivity index (χ1n) is 7.80. The number of nitrogens with zero attached hydrogens (tertiary/aromatic N) is 2. The number of hydrogen-bond donors (Lipinski definition) is 0. The number of hydrogen-bond acceptors (Lipinski definition) is 3. The Balaban J connectivity index is 2.29. The zero-order valence-electron chi connectivity index (χ0n) is 13.8.